The number of rotatable bonds is 3. The molecule has 2 aliphatic heterocycles. The topological polar surface area (TPSA) is 79.8 Å². The van der Waals surface area contributed by atoms with Crippen LogP contribution in [0.5, 0.6) is 0 Å². The van der Waals surface area contributed by atoms with Crippen molar-refractivity contribution in [3.8, 4) is 0 Å². The summed E-state index contributed by atoms with van der Waals surface area (Å²) < 4.78 is 5.09. The minimum Gasteiger partial charge on any atom is -0.380 e. The Balaban J connectivity index is 1.81. The molecule has 2 aliphatic rings. The van der Waals surface area contributed by atoms with Crippen molar-refractivity contribution in [2.75, 3.05) is 19.8 Å². The van der Waals surface area contributed by atoms with Crippen LogP contribution in [0.4, 0.5) is 0 Å². The molecule has 2 rings (SSSR count). The van der Waals surface area contributed by atoms with Crippen molar-refractivity contribution >= 4 is 17.5 Å². The zero-order valence-electron chi connectivity index (χ0n) is 9.21. The van der Waals surface area contributed by atoms with Gasteiger partial charge in [0, 0.05) is 24.8 Å². The average Bonchev–Trinajstić information content (AvgIpc) is 2.24. The zero-order valence-corrected chi connectivity index (χ0v) is 9.21. The van der Waals surface area contributed by atoms with E-state index in [1.807, 2.05) is 0 Å². The third-order valence-corrected chi connectivity index (χ3v) is 2.74. The molecule has 1 saturated heterocycles. The summed E-state index contributed by atoms with van der Waals surface area (Å²) in [4.78, 5) is 22.5. The van der Waals surface area contributed by atoms with Gasteiger partial charge in [0.25, 0.3) is 5.91 Å². The Kier molecular flexibility index (Phi) is 2.91. The van der Waals surface area contributed by atoms with Crippen LogP contribution in [0.15, 0.2) is 5.10 Å². The normalized spacial score (nSPS) is 22.8. The molecule has 6 heteroatoms. The van der Waals surface area contributed by atoms with E-state index in [0.29, 0.717) is 38.3 Å². The van der Waals surface area contributed by atoms with Gasteiger partial charge in [0.1, 0.15) is 5.71 Å². The van der Waals surface area contributed by atoms with E-state index in [0.717, 1.165) is 0 Å². The molecule has 0 bridgehead atoms. The molecule has 0 spiro atoms. The number of carbonyl (C=O) groups is 2. The van der Waals surface area contributed by atoms with Crippen LogP contribution in [-0.2, 0) is 14.3 Å². The van der Waals surface area contributed by atoms with Crippen LogP contribution in [0.25, 0.3) is 0 Å². The first kappa shape index (κ1) is 11.1. The van der Waals surface area contributed by atoms with Gasteiger partial charge in [-0.25, -0.2) is 5.43 Å². The molecule has 2 amide bonds. The van der Waals surface area contributed by atoms with Crippen LogP contribution in [0.1, 0.15) is 19.8 Å². The van der Waals surface area contributed by atoms with E-state index in [9.17, 15) is 9.59 Å². The van der Waals surface area contributed by atoms with E-state index < -0.39 is 0 Å². The van der Waals surface area contributed by atoms with E-state index in [1.54, 1.807) is 0 Å². The smallest absolute Gasteiger partial charge is 0.267 e. The highest BCUT2D eigenvalue weighted by Gasteiger charge is 2.34. The van der Waals surface area contributed by atoms with Crippen LogP contribution in [0.3, 0.4) is 0 Å². The van der Waals surface area contributed by atoms with E-state index in [2.05, 4.69) is 22.8 Å². The summed E-state index contributed by atoms with van der Waals surface area (Å²) in [6, 6.07) is 0. The van der Waals surface area contributed by atoms with E-state index in [1.165, 1.54) is 0 Å². The molecule has 0 aromatic rings. The SMILES string of the molecule is CC1(CNC(=O)C2=NNC(=O)CC2)COC1. The molecule has 0 saturated carbocycles. The van der Waals surface area contributed by atoms with Crippen molar-refractivity contribution in [3.63, 3.8) is 0 Å². The standard InChI is InChI=1S/C10H15N3O3/c1-10(5-16-6-10)4-11-9(15)7-2-3-8(14)13-12-7/h2-6H2,1H3,(H,11,15)(H,13,14). The molecule has 2 N–H and O–H groups in total. The van der Waals surface area contributed by atoms with Crippen LogP contribution >= 0.6 is 0 Å². The lowest BCUT2D eigenvalue weighted by molar-refractivity contribution is -0.122. The number of amides is 2. The molecule has 0 unspecified atom stereocenters. The molecule has 1 fully saturated rings. The van der Waals surface area contributed by atoms with Crippen molar-refractivity contribution in [2.45, 2.75) is 19.8 Å². The van der Waals surface area contributed by atoms with Crippen molar-refractivity contribution in [3.05, 3.63) is 0 Å². The van der Waals surface area contributed by atoms with E-state index in [4.69, 9.17) is 4.74 Å². The second-order valence-electron chi connectivity index (χ2n) is 4.58. The lowest BCUT2D eigenvalue weighted by Gasteiger charge is -2.38. The van der Waals surface area contributed by atoms with Crippen LogP contribution in [0.2, 0.25) is 0 Å². The average molecular weight is 225 g/mol. The fourth-order valence-electron chi connectivity index (χ4n) is 1.59. The van der Waals surface area contributed by atoms with Gasteiger partial charge in [-0.2, -0.15) is 5.10 Å². The largest absolute Gasteiger partial charge is 0.380 e. The molecule has 0 radical (unpaired) electrons. The van der Waals surface area contributed by atoms with Gasteiger partial charge >= 0.3 is 0 Å². The summed E-state index contributed by atoms with van der Waals surface area (Å²) in [6.07, 6.45) is 0.734. The maximum atomic E-state index is 11.7. The monoisotopic (exact) mass is 225 g/mol. The lowest BCUT2D eigenvalue weighted by Crippen LogP contribution is -2.50. The van der Waals surface area contributed by atoms with Gasteiger partial charge in [0.2, 0.25) is 5.91 Å². The first-order valence-corrected chi connectivity index (χ1v) is 5.30. The third-order valence-electron chi connectivity index (χ3n) is 2.74. The highest BCUT2D eigenvalue weighted by molar-refractivity contribution is 6.39. The lowest BCUT2D eigenvalue weighted by atomic mass is 9.88. The van der Waals surface area contributed by atoms with Crippen molar-refractivity contribution < 1.29 is 14.3 Å². The molecule has 2 heterocycles. The van der Waals surface area contributed by atoms with E-state index in [-0.39, 0.29) is 17.2 Å². The predicted molar refractivity (Wildman–Crippen MR) is 56.7 cm³/mol. The van der Waals surface area contributed by atoms with Crippen LogP contribution < -0.4 is 10.7 Å². The molecule has 16 heavy (non-hydrogen) atoms. The summed E-state index contributed by atoms with van der Waals surface area (Å²) in [6.45, 7) is 3.99. The summed E-state index contributed by atoms with van der Waals surface area (Å²) in [7, 11) is 0. The Bertz CT molecular complexity index is 347. The van der Waals surface area contributed by atoms with Crippen molar-refractivity contribution in [2.24, 2.45) is 10.5 Å². The van der Waals surface area contributed by atoms with E-state index >= 15 is 0 Å². The molecule has 0 aliphatic carbocycles. The van der Waals surface area contributed by atoms with Gasteiger partial charge in [-0.05, 0) is 0 Å². The molecule has 0 atom stereocenters. The number of hydrogen-bond acceptors (Lipinski definition) is 4. The number of nitrogens with one attached hydrogen (secondary N) is 2. The van der Waals surface area contributed by atoms with Gasteiger partial charge in [0.15, 0.2) is 0 Å². The Labute approximate surface area is 93.4 Å². The second kappa shape index (κ2) is 4.21. The number of hydrazone groups is 1. The molecule has 6 nitrogen and oxygen atoms in total. The fourth-order valence-corrected chi connectivity index (χ4v) is 1.59. The van der Waals surface area contributed by atoms with Crippen LogP contribution in [-0.4, -0.2) is 37.3 Å². The summed E-state index contributed by atoms with van der Waals surface area (Å²) in [5.41, 5.74) is 2.74. The first-order chi connectivity index (χ1) is 7.59. The highest BCUT2D eigenvalue weighted by Crippen LogP contribution is 2.24. The maximum Gasteiger partial charge on any atom is 0.267 e. The molecule has 0 aromatic carbocycles. The Hall–Kier alpha value is -1.43. The molecular weight excluding hydrogens is 210 g/mol. The molecule has 0 aromatic heterocycles. The number of carbonyl (C=O) groups excluding carboxylic acids is 2. The molecule has 88 valence electrons. The number of hydrogen-bond donors (Lipinski definition) is 2. The van der Waals surface area contributed by atoms with Gasteiger partial charge in [-0.3, -0.25) is 9.59 Å². The Morgan fingerprint density at radius 3 is 2.81 bits per heavy atom. The third kappa shape index (κ3) is 2.38. The van der Waals surface area contributed by atoms with Crippen molar-refractivity contribution in [1.29, 1.82) is 0 Å². The van der Waals surface area contributed by atoms with Gasteiger partial charge in [-0.1, -0.05) is 6.92 Å². The minimum atomic E-state index is -0.201. The number of ether oxygens (including phenoxy) is 1. The second-order valence-corrected chi connectivity index (χ2v) is 4.58. The summed E-state index contributed by atoms with van der Waals surface area (Å²) >= 11 is 0. The number of nitrogens with zero attached hydrogens (tertiary/aromatic N) is 1. The maximum absolute atomic E-state index is 11.7. The van der Waals surface area contributed by atoms with Gasteiger partial charge < -0.3 is 10.1 Å². The summed E-state index contributed by atoms with van der Waals surface area (Å²) in [5, 5.41) is 6.54. The Morgan fingerprint density at radius 2 is 2.31 bits per heavy atom. The van der Waals surface area contributed by atoms with Crippen LogP contribution in [0, 0.1) is 5.41 Å². The minimum absolute atomic E-state index is 0.0497. The molecular formula is C10H15N3O3. The quantitative estimate of drug-likeness (QED) is 0.673. The Morgan fingerprint density at radius 1 is 1.56 bits per heavy atom. The summed E-state index contributed by atoms with van der Waals surface area (Å²) in [5.74, 6) is -0.343. The van der Waals surface area contributed by atoms with Gasteiger partial charge in [-0.15, -0.1) is 0 Å². The fraction of sp³-hybridized carbons (Fsp3) is 0.700. The zero-order chi connectivity index (χ0) is 11.6. The highest BCUT2D eigenvalue weighted by atomic mass is 16.5. The predicted octanol–water partition coefficient (Wildman–Crippen LogP) is -0.595. The van der Waals surface area contributed by atoms with Gasteiger partial charge in [0.05, 0.1) is 13.2 Å². The van der Waals surface area contributed by atoms with Crippen molar-refractivity contribution in [1.82, 2.24) is 10.7 Å². The first-order valence-electron chi connectivity index (χ1n) is 5.30.